The second-order valence-corrected chi connectivity index (χ2v) is 10.1. The van der Waals surface area contributed by atoms with Crippen LogP contribution in [0.4, 0.5) is 0 Å². The molecule has 2 aliphatic rings. The molecule has 2 saturated heterocycles. The number of piperidine rings is 1. The Morgan fingerprint density at radius 3 is 2.23 bits per heavy atom. The molecule has 0 amide bonds. The van der Waals surface area contributed by atoms with Crippen molar-refractivity contribution in [2.24, 2.45) is 0 Å². The van der Waals surface area contributed by atoms with Gasteiger partial charge in [0.05, 0.1) is 12.0 Å². The number of hydrogen-bond donors (Lipinski definition) is 1. The number of methoxy groups -OCH3 is 1. The molecule has 31 heavy (non-hydrogen) atoms. The highest BCUT2D eigenvalue weighted by Gasteiger charge is 2.56. The molecule has 2 fully saturated rings. The maximum Gasteiger partial charge on any atom is 0.243 e. The van der Waals surface area contributed by atoms with E-state index in [0.717, 1.165) is 22.4 Å². The third-order valence-electron chi connectivity index (χ3n) is 6.55. The second kappa shape index (κ2) is 7.79. The number of fused-ring (bicyclic) bond motifs is 2. The highest BCUT2D eigenvalue weighted by molar-refractivity contribution is 7.89. The molecule has 0 radical (unpaired) electrons. The molecule has 2 aliphatic heterocycles. The first-order valence-corrected chi connectivity index (χ1v) is 12.0. The van der Waals surface area contributed by atoms with Gasteiger partial charge in [-0.05, 0) is 35.7 Å². The van der Waals surface area contributed by atoms with Crippen LogP contribution in [-0.2, 0) is 10.0 Å². The summed E-state index contributed by atoms with van der Waals surface area (Å²) in [5, 5.41) is 3.38. The Morgan fingerprint density at radius 1 is 0.903 bits per heavy atom. The van der Waals surface area contributed by atoms with Gasteiger partial charge in [-0.25, -0.2) is 8.42 Å². The Hall–Kier alpha value is -2.67. The van der Waals surface area contributed by atoms with Gasteiger partial charge in [0.2, 0.25) is 10.0 Å². The van der Waals surface area contributed by atoms with E-state index in [1.54, 1.807) is 23.5 Å². The molecular weight excluding hydrogens is 408 g/mol. The highest BCUT2D eigenvalue weighted by Crippen LogP contribution is 2.46. The summed E-state index contributed by atoms with van der Waals surface area (Å²) in [6.45, 7) is 3.19. The van der Waals surface area contributed by atoms with Gasteiger partial charge in [0.15, 0.2) is 0 Å². The molecule has 6 heteroatoms. The molecule has 5 rings (SSSR count). The fraction of sp³-hybridized carbons (Fsp3) is 0.280. The van der Waals surface area contributed by atoms with Crippen LogP contribution in [0.5, 0.6) is 5.75 Å². The van der Waals surface area contributed by atoms with Crippen LogP contribution in [0.15, 0.2) is 77.7 Å². The summed E-state index contributed by atoms with van der Waals surface area (Å²) in [7, 11) is -1.84. The van der Waals surface area contributed by atoms with Crippen LogP contribution in [-0.4, -0.2) is 45.0 Å². The number of ether oxygens (including phenoxy) is 1. The van der Waals surface area contributed by atoms with Crippen LogP contribution in [0.1, 0.15) is 17.0 Å². The number of hydrogen-bond acceptors (Lipinski definition) is 4. The summed E-state index contributed by atoms with van der Waals surface area (Å²) < 4.78 is 34.1. The maximum absolute atomic E-state index is 13.4. The number of para-hydroxylation sites is 1. The molecule has 3 aromatic carbocycles. The Balaban J connectivity index is 1.43. The van der Waals surface area contributed by atoms with Crippen molar-refractivity contribution in [3.05, 3.63) is 83.9 Å². The fourth-order valence-electron chi connectivity index (χ4n) is 5.06. The number of sulfonamides is 1. The maximum atomic E-state index is 13.4. The molecular formula is C25H26N2O3S. The van der Waals surface area contributed by atoms with Crippen molar-refractivity contribution in [1.29, 1.82) is 0 Å². The van der Waals surface area contributed by atoms with Crippen LogP contribution in [0.3, 0.4) is 0 Å². The third kappa shape index (κ3) is 3.26. The second-order valence-electron chi connectivity index (χ2n) is 8.24. The van der Waals surface area contributed by atoms with Gasteiger partial charge < -0.3 is 10.1 Å². The Kier molecular flexibility index (Phi) is 5.08. The standard InChI is InChI=1S/C25H26N2O3S/c1-17-7-3-6-10-24(17)31(28,29)27-21-15-26-16-22(27)25(21)19-13-11-18(12-14-19)20-8-4-5-9-23(20)30-2/h3-14,21-22,25-26H,15-16H2,1-2H3/t21-,22+,25?. The minimum atomic E-state index is -3.52. The summed E-state index contributed by atoms with van der Waals surface area (Å²) in [4.78, 5) is 0.414. The molecule has 2 bridgehead atoms. The molecule has 0 aliphatic carbocycles. The van der Waals surface area contributed by atoms with Crippen LogP contribution in [0.2, 0.25) is 0 Å². The normalized spacial score (nSPS) is 23.2. The molecule has 5 nitrogen and oxygen atoms in total. The summed E-state index contributed by atoms with van der Waals surface area (Å²) in [5.74, 6) is 1.04. The number of nitrogens with one attached hydrogen (secondary N) is 1. The predicted molar refractivity (Wildman–Crippen MR) is 122 cm³/mol. The van der Waals surface area contributed by atoms with E-state index in [2.05, 4.69) is 29.6 Å². The fourth-order valence-corrected chi connectivity index (χ4v) is 7.14. The topological polar surface area (TPSA) is 58.6 Å². The van der Waals surface area contributed by atoms with Crippen LogP contribution < -0.4 is 10.1 Å². The van der Waals surface area contributed by atoms with E-state index in [-0.39, 0.29) is 18.0 Å². The Morgan fingerprint density at radius 2 is 1.55 bits per heavy atom. The van der Waals surface area contributed by atoms with Crippen LogP contribution in [0, 0.1) is 6.92 Å². The molecule has 3 aromatic rings. The molecule has 1 N–H and O–H groups in total. The predicted octanol–water partition coefficient (Wildman–Crippen LogP) is 3.80. The van der Waals surface area contributed by atoms with Gasteiger partial charge in [-0.1, -0.05) is 60.7 Å². The molecule has 1 unspecified atom stereocenters. The van der Waals surface area contributed by atoms with Crippen LogP contribution in [0.25, 0.3) is 11.1 Å². The number of nitrogens with zero attached hydrogens (tertiary/aromatic N) is 1. The quantitative estimate of drug-likeness (QED) is 0.664. The molecule has 0 saturated carbocycles. The first-order chi connectivity index (χ1) is 15.0. The first-order valence-electron chi connectivity index (χ1n) is 10.6. The van der Waals surface area contributed by atoms with Crippen molar-refractivity contribution >= 4 is 10.0 Å². The van der Waals surface area contributed by atoms with E-state index in [1.165, 1.54) is 5.56 Å². The van der Waals surface area contributed by atoms with Crippen molar-refractivity contribution < 1.29 is 13.2 Å². The number of rotatable bonds is 5. The van der Waals surface area contributed by atoms with Gasteiger partial charge in [0.1, 0.15) is 5.75 Å². The van der Waals surface area contributed by atoms with E-state index in [9.17, 15) is 8.42 Å². The van der Waals surface area contributed by atoms with Crippen molar-refractivity contribution in [2.75, 3.05) is 20.2 Å². The average Bonchev–Trinajstić information content (AvgIpc) is 2.80. The zero-order valence-corrected chi connectivity index (χ0v) is 18.5. The molecule has 0 aromatic heterocycles. The van der Waals surface area contributed by atoms with Crippen molar-refractivity contribution in [1.82, 2.24) is 9.62 Å². The zero-order valence-electron chi connectivity index (χ0n) is 17.7. The number of piperazine rings is 1. The molecule has 160 valence electrons. The Bertz CT molecular complexity index is 1200. The Labute approximate surface area is 183 Å². The van der Waals surface area contributed by atoms with Crippen molar-refractivity contribution in [2.45, 2.75) is 29.8 Å². The van der Waals surface area contributed by atoms with Gasteiger partial charge in [-0.15, -0.1) is 0 Å². The lowest BCUT2D eigenvalue weighted by molar-refractivity contribution is 0.0370. The van der Waals surface area contributed by atoms with E-state index in [4.69, 9.17) is 4.74 Å². The van der Waals surface area contributed by atoms with Gasteiger partial charge in [0, 0.05) is 36.7 Å². The lowest BCUT2D eigenvalue weighted by Crippen LogP contribution is -2.73. The molecule has 0 spiro atoms. The lowest BCUT2D eigenvalue weighted by atomic mass is 9.74. The van der Waals surface area contributed by atoms with Crippen LogP contribution >= 0.6 is 0 Å². The molecule has 2 heterocycles. The summed E-state index contributed by atoms with van der Waals surface area (Å²) in [6.07, 6.45) is 0. The zero-order chi connectivity index (χ0) is 21.6. The van der Waals surface area contributed by atoms with E-state index in [0.29, 0.717) is 18.0 Å². The number of aryl methyl sites for hydroxylation is 1. The van der Waals surface area contributed by atoms with Gasteiger partial charge in [0.25, 0.3) is 0 Å². The lowest BCUT2D eigenvalue weighted by Gasteiger charge is -2.58. The smallest absolute Gasteiger partial charge is 0.243 e. The van der Waals surface area contributed by atoms with Gasteiger partial charge >= 0.3 is 0 Å². The summed E-state index contributed by atoms with van der Waals surface area (Å²) >= 11 is 0. The number of benzene rings is 3. The van der Waals surface area contributed by atoms with E-state index >= 15 is 0 Å². The minimum Gasteiger partial charge on any atom is -0.496 e. The third-order valence-corrected chi connectivity index (χ3v) is 8.66. The van der Waals surface area contributed by atoms with Crippen molar-refractivity contribution in [3.8, 4) is 16.9 Å². The first kappa shape index (κ1) is 20.2. The summed E-state index contributed by atoms with van der Waals surface area (Å²) in [5.41, 5.74) is 4.12. The monoisotopic (exact) mass is 434 g/mol. The van der Waals surface area contributed by atoms with E-state index < -0.39 is 10.0 Å². The van der Waals surface area contributed by atoms with Gasteiger partial charge in [-0.3, -0.25) is 0 Å². The van der Waals surface area contributed by atoms with Gasteiger partial charge in [-0.2, -0.15) is 4.31 Å². The minimum absolute atomic E-state index is 0.0690. The molecule has 3 atom stereocenters. The summed E-state index contributed by atoms with van der Waals surface area (Å²) in [6, 6.07) is 23.5. The SMILES string of the molecule is COc1ccccc1-c1ccc(C2[C@H]3CNC[C@@H]2N3S(=O)(=O)c2ccccc2C)cc1. The highest BCUT2D eigenvalue weighted by atomic mass is 32.2. The van der Waals surface area contributed by atoms with E-state index in [1.807, 2.05) is 43.3 Å². The van der Waals surface area contributed by atoms with Crippen molar-refractivity contribution in [3.63, 3.8) is 0 Å². The largest absolute Gasteiger partial charge is 0.496 e. The average molecular weight is 435 g/mol.